The molecule has 1 aliphatic rings. The molecule has 1 aromatic rings. The van der Waals surface area contributed by atoms with Crippen molar-refractivity contribution in [3.05, 3.63) is 30.3 Å². The molecule has 1 fully saturated rings. The van der Waals surface area contributed by atoms with E-state index in [1.54, 1.807) is 30.8 Å². The van der Waals surface area contributed by atoms with E-state index in [1.807, 2.05) is 18.2 Å². The van der Waals surface area contributed by atoms with Crippen LogP contribution in [0.5, 0.6) is 0 Å². The molecule has 1 saturated heterocycles. The SMILES string of the molecule is CN(C)C(=O)CN=C(NCCSc1ccccc1)N1CCCC(CC(N)=O)C1. The highest BCUT2D eigenvalue weighted by molar-refractivity contribution is 7.99. The molecule has 0 spiro atoms. The van der Waals surface area contributed by atoms with Crippen molar-refractivity contribution in [2.75, 3.05) is 46.0 Å². The first-order chi connectivity index (χ1) is 13.5. The molecule has 0 bridgehead atoms. The highest BCUT2D eigenvalue weighted by Crippen LogP contribution is 2.20. The van der Waals surface area contributed by atoms with Crippen molar-refractivity contribution in [2.24, 2.45) is 16.6 Å². The number of nitrogens with two attached hydrogens (primary N) is 1. The average molecular weight is 406 g/mol. The van der Waals surface area contributed by atoms with E-state index in [2.05, 4.69) is 27.3 Å². The Labute approximate surface area is 171 Å². The molecule has 154 valence electrons. The summed E-state index contributed by atoms with van der Waals surface area (Å²) >= 11 is 1.77. The topological polar surface area (TPSA) is 91.0 Å². The zero-order chi connectivity index (χ0) is 20.4. The largest absolute Gasteiger partial charge is 0.370 e. The first-order valence-electron chi connectivity index (χ1n) is 9.65. The van der Waals surface area contributed by atoms with E-state index < -0.39 is 0 Å². The van der Waals surface area contributed by atoms with Gasteiger partial charge in [0, 0.05) is 50.8 Å². The Bertz CT molecular complexity index is 666. The van der Waals surface area contributed by atoms with Crippen LogP contribution in [-0.4, -0.2) is 73.6 Å². The molecule has 0 saturated carbocycles. The summed E-state index contributed by atoms with van der Waals surface area (Å²) in [7, 11) is 3.45. The number of guanidine groups is 1. The number of thioether (sulfide) groups is 1. The Kier molecular flexibility index (Phi) is 9.13. The summed E-state index contributed by atoms with van der Waals surface area (Å²) in [5, 5.41) is 3.40. The van der Waals surface area contributed by atoms with Gasteiger partial charge in [0.05, 0.1) is 0 Å². The van der Waals surface area contributed by atoms with Gasteiger partial charge in [-0.05, 0) is 30.9 Å². The fraction of sp³-hybridized carbons (Fsp3) is 0.550. The van der Waals surface area contributed by atoms with Crippen molar-refractivity contribution in [1.29, 1.82) is 0 Å². The first-order valence-corrected chi connectivity index (χ1v) is 10.6. The Morgan fingerprint density at radius 1 is 1.32 bits per heavy atom. The Balaban J connectivity index is 1.94. The van der Waals surface area contributed by atoms with E-state index in [9.17, 15) is 9.59 Å². The summed E-state index contributed by atoms with van der Waals surface area (Å²) in [5.74, 6) is 1.56. The highest BCUT2D eigenvalue weighted by atomic mass is 32.2. The van der Waals surface area contributed by atoms with Gasteiger partial charge < -0.3 is 20.9 Å². The smallest absolute Gasteiger partial charge is 0.243 e. The standard InChI is InChI=1S/C20H31N5O2S/c1-24(2)19(27)14-23-20(22-10-12-28-17-8-4-3-5-9-17)25-11-6-7-16(15-25)13-18(21)26/h3-5,8-9,16H,6-7,10-15H2,1-2H3,(H2,21,26)(H,22,23). The molecular weight excluding hydrogens is 374 g/mol. The number of likely N-dealkylation sites (tertiary alicyclic amines) is 1. The number of carbonyl (C=O) groups is 2. The number of hydrogen-bond donors (Lipinski definition) is 2. The van der Waals surface area contributed by atoms with Crippen molar-refractivity contribution in [3.8, 4) is 0 Å². The molecule has 1 aliphatic heterocycles. The van der Waals surface area contributed by atoms with Gasteiger partial charge in [-0.15, -0.1) is 11.8 Å². The second-order valence-corrected chi connectivity index (χ2v) is 8.31. The van der Waals surface area contributed by atoms with Gasteiger partial charge in [-0.1, -0.05) is 18.2 Å². The third-order valence-electron chi connectivity index (χ3n) is 4.57. The van der Waals surface area contributed by atoms with E-state index in [0.29, 0.717) is 6.42 Å². The summed E-state index contributed by atoms with van der Waals surface area (Å²) in [6, 6.07) is 10.3. The van der Waals surface area contributed by atoms with E-state index in [1.165, 1.54) is 4.90 Å². The van der Waals surface area contributed by atoms with Crippen LogP contribution in [0.3, 0.4) is 0 Å². The van der Waals surface area contributed by atoms with Gasteiger partial charge in [-0.25, -0.2) is 4.99 Å². The average Bonchev–Trinajstić information content (AvgIpc) is 2.67. The highest BCUT2D eigenvalue weighted by Gasteiger charge is 2.24. The lowest BCUT2D eigenvalue weighted by atomic mass is 9.95. The third-order valence-corrected chi connectivity index (χ3v) is 5.58. The number of nitrogens with one attached hydrogen (secondary N) is 1. The molecule has 0 radical (unpaired) electrons. The number of carbonyl (C=O) groups excluding carboxylic acids is 2. The normalized spacial score (nSPS) is 17.3. The van der Waals surface area contributed by atoms with Crippen LogP contribution in [-0.2, 0) is 9.59 Å². The van der Waals surface area contributed by atoms with Gasteiger partial charge in [0.25, 0.3) is 0 Å². The van der Waals surface area contributed by atoms with Gasteiger partial charge in [0.1, 0.15) is 6.54 Å². The van der Waals surface area contributed by atoms with Crippen molar-refractivity contribution in [3.63, 3.8) is 0 Å². The number of amides is 2. The molecule has 8 heteroatoms. The van der Waals surface area contributed by atoms with Crippen LogP contribution >= 0.6 is 11.8 Å². The van der Waals surface area contributed by atoms with Crippen LogP contribution in [0, 0.1) is 5.92 Å². The van der Waals surface area contributed by atoms with Crippen LogP contribution in [0.1, 0.15) is 19.3 Å². The van der Waals surface area contributed by atoms with Crippen LogP contribution < -0.4 is 11.1 Å². The molecule has 3 N–H and O–H groups in total. The minimum absolute atomic E-state index is 0.0383. The summed E-state index contributed by atoms with van der Waals surface area (Å²) < 4.78 is 0. The lowest BCUT2D eigenvalue weighted by Crippen LogP contribution is -2.48. The van der Waals surface area contributed by atoms with E-state index in [0.717, 1.165) is 44.2 Å². The Hall–Kier alpha value is -2.22. The second kappa shape index (κ2) is 11.6. The Morgan fingerprint density at radius 3 is 2.75 bits per heavy atom. The van der Waals surface area contributed by atoms with Gasteiger partial charge >= 0.3 is 0 Å². The number of aliphatic imine (C=N–C) groups is 1. The molecule has 1 atom stereocenters. The zero-order valence-electron chi connectivity index (χ0n) is 16.8. The predicted octanol–water partition coefficient (Wildman–Crippen LogP) is 1.40. The number of nitrogens with zero attached hydrogens (tertiary/aromatic N) is 3. The van der Waals surface area contributed by atoms with Crippen LogP contribution in [0.2, 0.25) is 0 Å². The summed E-state index contributed by atoms with van der Waals surface area (Å²) in [4.78, 5) is 32.7. The quantitative estimate of drug-likeness (QED) is 0.295. The molecule has 7 nitrogen and oxygen atoms in total. The van der Waals surface area contributed by atoms with Gasteiger partial charge in [0.15, 0.2) is 5.96 Å². The fourth-order valence-corrected chi connectivity index (χ4v) is 3.90. The number of likely N-dealkylation sites (N-methyl/N-ethyl adjacent to an activating group) is 1. The monoisotopic (exact) mass is 405 g/mol. The molecule has 0 aliphatic carbocycles. The second-order valence-electron chi connectivity index (χ2n) is 7.14. The zero-order valence-corrected chi connectivity index (χ0v) is 17.6. The molecule has 2 amide bonds. The summed E-state index contributed by atoms with van der Waals surface area (Å²) in [6.45, 7) is 2.45. The minimum Gasteiger partial charge on any atom is -0.370 e. The van der Waals surface area contributed by atoms with Crippen molar-refractivity contribution < 1.29 is 9.59 Å². The van der Waals surface area contributed by atoms with E-state index >= 15 is 0 Å². The van der Waals surface area contributed by atoms with Crippen LogP contribution in [0.25, 0.3) is 0 Å². The maximum absolute atomic E-state index is 12.0. The van der Waals surface area contributed by atoms with Gasteiger partial charge in [-0.3, -0.25) is 9.59 Å². The molecule has 2 rings (SSSR count). The number of piperidine rings is 1. The fourth-order valence-electron chi connectivity index (χ4n) is 3.11. The third kappa shape index (κ3) is 7.80. The predicted molar refractivity (Wildman–Crippen MR) is 114 cm³/mol. The number of rotatable bonds is 8. The lowest BCUT2D eigenvalue weighted by molar-refractivity contribution is -0.127. The van der Waals surface area contributed by atoms with Crippen LogP contribution in [0.15, 0.2) is 40.2 Å². The minimum atomic E-state index is -0.264. The van der Waals surface area contributed by atoms with Crippen molar-refractivity contribution in [1.82, 2.24) is 15.1 Å². The molecule has 1 aromatic carbocycles. The number of hydrogen-bond acceptors (Lipinski definition) is 4. The molecule has 1 heterocycles. The van der Waals surface area contributed by atoms with E-state index in [-0.39, 0.29) is 24.3 Å². The summed E-state index contributed by atoms with van der Waals surface area (Å²) in [6.07, 6.45) is 2.37. The maximum Gasteiger partial charge on any atom is 0.243 e. The first kappa shape index (κ1) is 22.1. The van der Waals surface area contributed by atoms with Crippen molar-refractivity contribution >= 4 is 29.5 Å². The molecule has 28 heavy (non-hydrogen) atoms. The number of primary amides is 1. The lowest BCUT2D eigenvalue weighted by Gasteiger charge is -2.34. The van der Waals surface area contributed by atoms with Gasteiger partial charge in [0.2, 0.25) is 11.8 Å². The number of benzene rings is 1. The van der Waals surface area contributed by atoms with Crippen LogP contribution in [0.4, 0.5) is 0 Å². The van der Waals surface area contributed by atoms with Crippen molar-refractivity contribution in [2.45, 2.75) is 24.2 Å². The van der Waals surface area contributed by atoms with E-state index in [4.69, 9.17) is 5.73 Å². The molecular formula is C20H31N5O2S. The van der Waals surface area contributed by atoms with Gasteiger partial charge in [-0.2, -0.15) is 0 Å². The maximum atomic E-state index is 12.0. The summed E-state index contributed by atoms with van der Waals surface area (Å²) in [5.41, 5.74) is 5.37. The molecule has 1 unspecified atom stereocenters. The molecule has 0 aromatic heterocycles. The Morgan fingerprint density at radius 2 is 2.07 bits per heavy atom.